The highest BCUT2D eigenvalue weighted by Gasteiger charge is 2.16. The lowest BCUT2D eigenvalue weighted by Crippen LogP contribution is -2.14. The molecule has 0 saturated heterocycles. The molecule has 2 N–H and O–H groups in total. The van der Waals surface area contributed by atoms with Crippen molar-refractivity contribution in [2.24, 2.45) is 5.73 Å². The lowest BCUT2D eigenvalue weighted by molar-refractivity contribution is 0.527. The Morgan fingerprint density at radius 1 is 1.32 bits per heavy atom. The highest BCUT2D eigenvalue weighted by Crippen LogP contribution is 2.24. The third-order valence-electron chi connectivity index (χ3n) is 3.59. The average Bonchev–Trinajstić information content (AvgIpc) is 2.76. The molecule has 104 valence electrons. The molecule has 2 unspecified atom stereocenters. The average molecular weight is 260 g/mol. The minimum atomic E-state index is 0.291. The van der Waals surface area contributed by atoms with Gasteiger partial charge in [-0.05, 0) is 38.8 Å². The van der Waals surface area contributed by atoms with Crippen LogP contribution in [0.3, 0.4) is 0 Å². The van der Waals surface area contributed by atoms with E-state index in [0.717, 1.165) is 42.8 Å². The fourth-order valence-corrected chi connectivity index (χ4v) is 2.54. The highest BCUT2D eigenvalue weighted by molar-refractivity contribution is 5.71. The quantitative estimate of drug-likeness (QED) is 0.868. The van der Waals surface area contributed by atoms with Gasteiger partial charge in [-0.1, -0.05) is 13.3 Å². The Morgan fingerprint density at radius 2 is 2.11 bits per heavy atom. The van der Waals surface area contributed by atoms with E-state index in [9.17, 15) is 0 Å². The largest absolute Gasteiger partial charge is 0.328 e. The number of hydrogen-bond donors (Lipinski definition) is 1. The molecule has 2 heterocycles. The molecule has 0 amide bonds. The van der Waals surface area contributed by atoms with Crippen molar-refractivity contribution in [3.8, 4) is 0 Å². The molecule has 0 bridgehead atoms. The van der Waals surface area contributed by atoms with E-state index in [1.165, 1.54) is 0 Å². The van der Waals surface area contributed by atoms with E-state index in [4.69, 9.17) is 10.7 Å². The Balaban J connectivity index is 2.19. The summed E-state index contributed by atoms with van der Waals surface area (Å²) in [5, 5.41) is 0. The monoisotopic (exact) mass is 260 g/mol. The lowest BCUT2D eigenvalue weighted by Gasteiger charge is -2.13. The summed E-state index contributed by atoms with van der Waals surface area (Å²) in [5.74, 6) is 1.61. The van der Waals surface area contributed by atoms with Crippen LogP contribution in [0.2, 0.25) is 0 Å². The molecule has 2 aromatic heterocycles. The van der Waals surface area contributed by atoms with E-state index in [-0.39, 0.29) is 0 Å². The van der Waals surface area contributed by atoms with Gasteiger partial charge in [0, 0.05) is 24.7 Å². The predicted molar refractivity (Wildman–Crippen MR) is 79.1 cm³/mol. The van der Waals surface area contributed by atoms with Gasteiger partial charge < -0.3 is 10.3 Å². The van der Waals surface area contributed by atoms with Crippen LogP contribution in [0, 0.1) is 0 Å². The molecule has 2 atom stereocenters. The van der Waals surface area contributed by atoms with Crippen LogP contribution in [0.5, 0.6) is 0 Å². The molecular weight excluding hydrogens is 236 g/mol. The van der Waals surface area contributed by atoms with E-state index in [2.05, 4.69) is 30.3 Å². The highest BCUT2D eigenvalue weighted by atomic mass is 15.1. The summed E-state index contributed by atoms with van der Waals surface area (Å²) in [6.07, 6.45) is 5.19. The molecule has 19 heavy (non-hydrogen) atoms. The Morgan fingerprint density at radius 3 is 2.79 bits per heavy atom. The molecular formula is C15H24N4. The Hall–Kier alpha value is -1.42. The summed E-state index contributed by atoms with van der Waals surface area (Å²) in [4.78, 5) is 9.19. The van der Waals surface area contributed by atoms with Gasteiger partial charge in [0.1, 0.15) is 11.3 Å². The van der Waals surface area contributed by atoms with Gasteiger partial charge in [-0.15, -0.1) is 0 Å². The van der Waals surface area contributed by atoms with Gasteiger partial charge in [0.2, 0.25) is 0 Å². The third kappa shape index (κ3) is 3.13. The molecule has 0 saturated carbocycles. The van der Waals surface area contributed by atoms with Gasteiger partial charge in [0.25, 0.3) is 0 Å². The first-order valence-electron chi connectivity index (χ1n) is 7.20. The number of hydrogen-bond acceptors (Lipinski definition) is 3. The molecule has 2 aromatic rings. The molecule has 0 aliphatic rings. The summed E-state index contributed by atoms with van der Waals surface area (Å²) in [5.41, 5.74) is 7.80. The van der Waals surface area contributed by atoms with E-state index < -0.39 is 0 Å². The van der Waals surface area contributed by atoms with Crippen LogP contribution in [0.4, 0.5) is 0 Å². The summed E-state index contributed by atoms with van der Waals surface area (Å²) in [6.45, 7) is 7.37. The summed E-state index contributed by atoms with van der Waals surface area (Å²) >= 11 is 0. The van der Waals surface area contributed by atoms with Crippen LogP contribution in [-0.4, -0.2) is 20.6 Å². The lowest BCUT2D eigenvalue weighted by atomic mass is 10.0. The number of aryl methyl sites for hydroxylation is 1. The van der Waals surface area contributed by atoms with Crippen molar-refractivity contribution in [1.29, 1.82) is 0 Å². The first-order valence-corrected chi connectivity index (χ1v) is 7.20. The standard InChI is InChI=1S/C15H24N4/c1-4-19-14(11(2)7-5-8-12(3)16)18-13-9-6-10-17-15(13)19/h6,9-12H,4-5,7-8,16H2,1-3H3. The molecule has 0 spiro atoms. The van der Waals surface area contributed by atoms with Gasteiger partial charge in [-0.3, -0.25) is 0 Å². The van der Waals surface area contributed by atoms with Crippen molar-refractivity contribution in [1.82, 2.24) is 14.5 Å². The van der Waals surface area contributed by atoms with E-state index in [1.54, 1.807) is 0 Å². The fraction of sp³-hybridized carbons (Fsp3) is 0.600. The van der Waals surface area contributed by atoms with Gasteiger partial charge in [0.15, 0.2) is 5.65 Å². The maximum atomic E-state index is 5.80. The fourth-order valence-electron chi connectivity index (χ4n) is 2.54. The first kappa shape index (κ1) is 14.0. The van der Waals surface area contributed by atoms with Crippen molar-refractivity contribution < 1.29 is 0 Å². The van der Waals surface area contributed by atoms with Crippen LogP contribution in [0.1, 0.15) is 51.8 Å². The van der Waals surface area contributed by atoms with Gasteiger partial charge in [-0.25, -0.2) is 9.97 Å². The molecule has 0 aliphatic heterocycles. The van der Waals surface area contributed by atoms with Crippen LogP contribution in [0.15, 0.2) is 18.3 Å². The number of nitrogens with zero attached hydrogens (tertiary/aromatic N) is 3. The zero-order chi connectivity index (χ0) is 13.8. The molecule has 0 fully saturated rings. The minimum Gasteiger partial charge on any atom is -0.328 e. The molecule has 4 nitrogen and oxygen atoms in total. The maximum absolute atomic E-state index is 5.80. The number of aromatic nitrogens is 3. The van der Waals surface area contributed by atoms with Crippen molar-refractivity contribution in [3.05, 3.63) is 24.2 Å². The second-order valence-electron chi connectivity index (χ2n) is 5.37. The zero-order valence-electron chi connectivity index (χ0n) is 12.1. The second-order valence-corrected chi connectivity index (χ2v) is 5.37. The minimum absolute atomic E-state index is 0.291. The normalized spacial score (nSPS) is 14.7. The summed E-state index contributed by atoms with van der Waals surface area (Å²) in [7, 11) is 0. The van der Waals surface area contributed by atoms with E-state index in [0.29, 0.717) is 12.0 Å². The maximum Gasteiger partial charge on any atom is 0.159 e. The van der Waals surface area contributed by atoms with Crippen molar-refractivity contribution in [2.45, 2.75) is 58.5 Å². The van der Waals surface area contributed by atoms with Crippen LogP contribution >= 0.6 is 0 Å². The first-order chi connectivity index (χ1) is 9.13. The second kappa shape index (κ2) is 6.15. The smallest absolute Gasteiger partial charge is 0.159 e. The number of pyridine rings is 1. The number of fused-ring (bicyclic) bond motifs is 1. The number of rotatable bonds is 6. The predicted octanol–water partition coefficient (Wildman–Crippen LogP) is 3.07. The van der Waals surface area contributed by atoms with Crippen LogP contribution in [0.25, 0.3) is 11.2 Å². The van der Waals surface area contributed by atoms with Gasteiger partial charge in [0.05, 0.1) is 0 Å². The Labute approximate surface area is 115 Å². The van der Waals surface area contributed by atoms with Crippen LogP contribution in [-0.2, 0) is 6.54 Å². The van der Waals surface area contributed by atoms with E-state index in [1.807, 2.05) is 18.3 Å². The molecule has 0 aromatic carbocycles. The third-order valence-corrected chi connectivity index (χ3v) is 3.59. The van der Waals surface area contributed by atoms with Crippen LogP contribution < -0.4 is 5.73 Å². The van der Waals surface area contributed by atoms with Crippen molar-refractivity contribution in [3.63, 3.8) is 0 Å². The Kier molecular flexibility index (Phi) is 4.53. The van der Waals surface area contributed by atoms with E-state index >= 15 is 0 Å². The summed E-state index contributed by atoms with van der Waals surface area (Å²) < 4.78 is 2.23. The van der Waals surface area contributed by atoms with Crippen molar-refractivity contribution in [2.75, 3.05) is 0 Å². The SMILES string of the molecule is CCn1c(C(C)CCCC(C)N)nc2cccnc21. The number of imidazole rings is 1. The molecule has 0 radical (unpaired) electrons. The Bertz CT molecular complexity index is 530. The number of nitrogens with two attached hydrogens (primary N) is 1. The van der Waals surface area contributed by atoms with Gasteiger partial charge in [-0.2, -0.15) is 0 Å². The van der Waals surface area contributed by atoms with Gasteiger partial charge >= 0.3 is 0 Å². The zero-order valence-corrected chi connectivity index (χ0v) is 12.1. The molecule has 2 rings (SSSR count). The van der Waals surface area contributed by atoms with Crippen molar-refractivity contribution >= 4 is 11.2 Å². The molecule has 4 heteroatoms. The summed E-state index contributed by atoms with van der Waals surface area (Å²) in [6, 6.07) is 4.27. The molecule has 0 aliphatic carbocycles. The topological polar surface area (TPSA) is 56.7 Å².